The molecule has 1 aromatic carbocycles. The number of carbonyl (C=O) groups excluding carboxylic acids is 1. The van der Waals surface area contributed by atoms with Gasteiger partial charge in [0.25, 0.3) is 0 Å². The Morgan fingerprint density at radius 2 is 1.81 bits per heavy atom. The standard InChI is InChI=1S/C16H23NO4/c1-11(2)16(3,15(20)21)9-14(19)17-10-13(18)12-7-5-4-6-8-12/h4-8,11,13,18H,9-10H2,1-3H3,(H,17,19)(H,20,21). The van der Waals surface area contributed by atoms with Crippen molar-refractivity contribution >= 4 is 11.9 Å². The van der Waals surface area contributed by atoms with Crippen molar-refractivity contribution in [3.63, 3.8) is 0 Å². The predicted molar refractivity (Wildman–Crippen MR) is 79.6 cm³/mol. The lowest BCUT2D eigenvalue weighted by atomic mass is 9.76. The first kappa shape index (κ1) is 17.2. The average molecular weight is 293 g/mol. The van der Waals surface area contributed by atoms with Crippen LogP contribution in [-0.4, -0.2) is 28.6 Å². The Bertz CT molecular complexity index is 486. The van der Waals surface area contributed by atoms with Gasteiger partial charge in [-0.2, -0.15) is 0 Å². The molecule has 116 valence electrons. The van der Waals surface area contributed by atoms with Crippen LogP contribution in [0.15, 0.2) is 30.3 Å². The first-order chi connectivity index (χ1) is 9.77. The van der Waals surface area contributed by atoms with Crippen LogP contribution in [0.2, 0.25) is 0 Å². The quantitative estimate of drug-likeness (QED) is 0.717. The molecule has 0 radical (unpaired) electrons. The third-order valence-corrected chi connectivity index (χ3v) is 3.97. The number of aliphatic hydroxyl groups is 1. The largest absolute Gasteiger partial charge is 0.481 e. The van der Waals surface area contributed by atoms with E-state index < -0.39 is 17.5 Å². The van der Waals surface area contributed by atoms with Gasteiger partial charge < -0.3 is 15.5 Å². The molecule has 5 heteroatoms. The van der Waals surface area contributed by atoms with Crippen LogP contribution >= 0.6 is 0 Å². The van der Waals surface area contributed by atoms with Gasteiger partial charge >= 0.3 is 5.97 Å². The van der Waals surface area contributed by atoms with Gasteiger partial charge in [-0.1, -0.05) is 44.2 Å². The summed E-state index contributed by atoms with van der Waals surface area (Å²) < 4.78 is 0. The normalized spacial score (nSPS) is 15.3. The number of carboxylic acid groups (broad SMARTS) is 1. The number of carbonyl (C=O) groups is 2. The third kappa shape index (κ3) is 4.56. The van der Waals surface area contributed by atoms with Gasteiger partial charge in [-0.3, -0.25) is 9.59 Å². The number of carboxylic acids is 1. The molecule has 0 fully saturated rings. The van der Waals surface area contributed by atoms with Gasteiger partial charge in [-0.25, -0.2) is 0 Å². The van der Waals surface area contributed by atoms with E-state index in [1.165, 1.54) is 0 Å². The summed E-state index contributed by atoms with van der Waals surface area (Å²) in [5.41, 5.74) is -0.399. The van der Waals surface area contributed by atoms with Crippen LogP contribution in [0, 0.1) is 11.3 Å². The number of amides is 1. The van der Waals surface area contributed by atoms with Gasteiger partial charge in [0.05, 0.1) is 11.5 Å². The van der Waals surface area contributed by atoms with Crippen molar-refractivity contribution in [3.8, 4) is 0 Å². The van der Waals surface area contributed by atoms with Gasteiger partial charge in [0, 0.05) is 13.0 Å². The maximum absolute atomic E-state index is 11.9. The lowest BCUT2D eigenvalue weighted by Crippen LogP contribution is -2.40. The molecular formula is C16H23NO4. The minimum Gasteiger partial charge on any atom is -0.481 e. The van der Waals surface area contributed by atoms with Crippen molar-refractivity contribution in [2.24, 2.45) is 11.3 Å². The molecule has 0 bridgehead atoms. The zero-order chi connectivity index (χ0) is 16.0. The molecule has 3 N–H and O–H groups in total. The average Bonchev–Trinajstić information content (AvgIpc) is 2.45. The highest BCUT2D eigenvalue weighted by Crippen LogP contribution is 2.31. The maximum Gasteiger partial charge on any atom is 0.310 e. The molecule has 21 heavy (non-hydrogen) atoms. The van der Waals surface area contributed by atoms with Crippen molar-refractivity contribution < 1.29 is 19.8 Å². The molecule has 0 aliphatic heterocycles. The molecule has 1 amide bonds. The number of aliphatic carboxylic acids is 1. The number of rotatable bonds is 7. The number of nitrogens with one attached hydrogen (secondary N) is 1. The molecule has 0 spiro atoms. The van der Waals surface area contributed by atoms with Gasteiger partial charge in [0.1, 0.15) is 0 Å². The molecule has 0 aliphatic carbocycles. The van der Waals surface area contributed by atoms with E-state index in [-0.39, 0.29) is 24.8 Å². The predicted octanol–water partition coefficient (Wildman–Crippen LogP) is 1.97. The van der Waals surface area contributed by atoms with Crippen LogP contribution < -0.4 is 5.32 Å². The third-order valence-electron chi connectivity index (χ3n) is 3.97. The summed E-state index contributed by atoms with van der Waals surface area (Å²) in [6.07, 6.45) is -0.910. The highest BCUT2D eigenvalue weighted by atomic mass is 16.4. The van der Waals surface area contributed by atoms with Crippen molar-refractivity contribution in [2.75, 3.05) is 6.54 Å². The van der Waals surface area contributed by atoms with E-state index >= 15 is 0 Å². The van der Waals surface area contributed by atoms with Crippen LogP contribution in [-0.2, 0) is 9.59 Å². The van der Waals surface area contributed by atoms with Crippen LogP contribution in [0.25, 0.3) is 0 Å². The van der Waals surface area contributed by atoms with Gasteiger partial charge in [-0.05, 0) is 18.4 Å². The molecule has 1 rings (SSSR count). The first-order valence-corrected chi connectivity index (χ1v) is 7.00. The van der Waals surface area contributed by atoms with E-state index in [1.807, 2.05) is 6.07 Å². The summed E-state index contributed by atoms with van der Waals surface area (Å²) in [4.78, 5) is 23.2. The van der Waals surface area contributed by atoms with E-state index in [1.54, 1.807) is 45.0 Å². The Morgan fingerprint density at radius 3 is 2.29 bits per heavy atom. The summed E-state index contributed by atoms with van der Waals surface area (Å²) in [6.45, 7) is 5.18. The monoisotopic (exact) mass is 293 g/mol. The first-order valence-electron chi connectivity index (χ1n) is 7.00. The van der Waals surface area contributed by atoms with E-state index in [2.05, 4.69) is 5.32 Å². The fourth-order valence-corrected chi connectivity index (χ4v) is 1.93. The molecular weight excluding hydrogens is 270 g/mol. The molecule has 0 aliphatic rings. The van der Waals surface area contributed by atoms with Crippen LogP contribution in [0.5, 0.6) is 0 Å². The summed E-state index contributed by atoms with van der Waals surface area (Å²) in [7, 11) is 0. The molecule has 1 aromatic rings. The minimum atomic E-state index is -1.11. The Labute approximate surface area is 125 Å². The molecule has 0 saturated heterocycles. The molecule has 0 saturated carbocycles. The zero-order valence-electron chi connectivity index (χ0n) is 12.7. The molecule has 2 atom stereocenters. The van der Waals surface area contributed by atoms with Crippen molar-refractivity contribution in [2.45, 2.75) is 33.3 Å². The fraction of sp³-hybridized carbons (Fsp3) is 0.500. The topological polar surface area (TPSA) is 86.6 Å². The molecule has 5 nitrogen and oxygen atoms in total. The van der Waals surface area contributed by atoms with Gasteiger partial charge in [0.15, 0.2) is 0 Å². The minimum absolute atomic E-state index is 0.0661. The van der Waals surface area contributed by atoms with E-state index in [0.717, 1.165) is 0 Å². The number of benzene rings is 1. The second kappa shape index (κ2) is 7.22. The lowest BCUT2D eigenvalue weighted by molar-refractivity contribution is -0.153. The Morgan fingerprint density at radius 1 is 1.24 bits per heavy atom. The molecule has 0 heterocycles. The van der Waals surface area contributed by atoms with Crippen LogP contribution in [0.1, 0.15) is 38.9 Å². The number of hydrogen-bond donors (Lipinski definition) is 3. The summed E-state index contributed by atoms with van der Waals surface area (Å²) in [6, 6.07) is 9.00. The summed E-state index contributed by atoms with van der Waals surface area (Å²) in [5.74, 6) is -1.53. The second-order valence-corrected chi connectivity index (χ2v) is 5.78. The van der Waals surface area contributed by atoms with E-state index in [9.17, 15) is 19.8 Å². The van der Waals surface area contributed by atoms with Crippen LogP contribution in [0.3, 0.4) is 0 Å². The summed E-state index contributed by atoms with van der Waals surface area (Å²) >= 11 is 0. The van der Waals surface area contributed by atoms with Crippen molar-refractivity contribution in [1.82, 2.24) is 5.32 Å². The van der Waals surface area contributed by atoms with Crippen molar-refractivity contribution in [3.05, 3.63) is 35.9 Å². The van der Waals surface area contributed by atoms with Gasteiger partial charge in [-0.15, -0.1) is 0 Å². The Balaban J connectivity index is 2.56. The molecule has 2 unspecified atom stereocenters. The van der Waals surface area contributed by atoms with E-state index in [4.69, 9.17) is 0 Å². The van der Waals surface area contributed by atoms with Crippen LogP contribution in [0.4, 0.5) is 0 Å². The number of hydrogen-bond acceptors (Lipinski definition) is 3. The van der Waals surface area contributed by atoms with Crippen molar-refractivity contribution in [1.29, 1.82) is 0 Å². The Hall–Kier alpha value is -1.88. The zero-order valence-corrected chi connectivity index (χ0v) is 12.7. The highest BCUT2D eigenvalue weighted by molar-refractivity contribution is 5.84. The van der Waals surface area contributed by atoms with E-state index in [0.29, 0.717) is 5.56 Å². The Kier molecular flexibility index (Phi) is 5.90. The highest BCUT2D eigenvalue weighted by Gasteiger charge is 2.38. The maximum atomic E-state index is 11.9. The SMILES string of the molecule is CC(C)C(C)(CC(=O)NCC(O)c1ccccc1)C(=O)O. The number of aliphatic hydroxyl groups excluding tert-OH is 1. The second-order valence-electron chi connectivity index (χ2n) is 5.78. The lowest BCUT2D eigenvalue weighted by Gasteiger charge is -2.28. The smallest absolute Gasteiger partial charge is 0.310 e. The van der Waals surface area contributed by atoms with Gasteiger partial charge in [0.2, 0.25) is 5.91 Å². The summed E-state index contributed by atoms with van der Waals surface area (Å²) in [5, 5.41) is 21.8. The fourth-order valence-electron chi connectivity index (χ4n) is 1.93. The molecule has 0 aromatic heterocycles.